The van der Waals surface area contributed by atoms with Crippen LogP contribution in [0, 0.1) is 0 Å². The molecule has 2 amide bonds. The lowest BCUT2D eigenvalue weighted by Crippen LogP contribution is -2.46. The maximum Gasteiger partial charge on any atom is 0.410 e. The van der Waals surface area contributed by atoms with Crippen molar-refractivity contribution in [2.45, 2.75) is 52.2 Å². The second-order valence-electron chi connectivity index (χ2n) is 6.70. The van der Waals surface area contributed by atoms with Crippen LogP contribution in [0.1, 0.15) is 40.5 Å². The second-order valence-corrected chi connectivity index (χ2v) is 7.52. The van der Waals surface area contributed by atoms with Crippen molar-refractivity contribution in [3.8, 4) is 0 Å². The predicted molar refractivity (Wildman–Crippen MR) is 93.7 cm³/mol. The van der Waals surface area contributed by atoms with Crippen LogP contribution in [0.3, 0.4) is 0 Å². The molecular formula is C16H23BrN4O3. The average molecular weight is 399 g/mol. The highest BCUT2D eigenvalue weighted by Gasteiger charge is 2.34. The van der Waals surface area contributed by atoms with Crippen LogP contribution >= 0.6 is 15.9 Å². The zero-order chi connectivity index (χ0) is 17.9. The Hall–Kier alpha value is -1.70. The Morgan fingerprint density at radius 3 is 2.62 bits per heavy atom. The van der Waals surface area contributed by atoms with Crippen molar-refractivity contribution in [1.82, 2.24) is 15.1 Å². The van der Waals surface area contributed by atoms with Crippen LogP contribution in [0.2, 0.25) is 0 Å². The summed E-state index contributed by atoms with van der Waals surface area (Å²) in [5.74, 6) is 0.420. The number of anilines is 1. The Morgan fingerprint density at radius 1 is 1.38 bits per heavy atom. The summed E-state index contributed by atoms with van der Waals surface area (Å²) >= 11 is 3.24. The fourth-order valence-corrected chi connectivity index (χ4v) is 2.74. The van der Waals surface area contributed by atoms with Crippen LogP contribution in [-0.2, 0) is 9.53 Å². The lowest BCUT2D eigenvalue weighted by Gasteiger charge is -2.32. The van der Waals surface area contributed by atoms with E-state index in [2.05, 4.69) is 26.1 Å². The zero-order valence-corrected chi connectivity index (χ0v) is 16.0. The van der Waals surface area contributed by atoms with Gasteiger partial charge < -0.3 is 9.64 Å². The number of hydrogen-bond acceptors (Lipinski definition) is 5. The minimum absolute atomic E-state index is 0.0730. The van der Waals surface area contributed by atoms with E-state index in [0.717, 1.165) is 0 Å². The number of carbonyl (C=O) groups excluding carboxylic acids is 2. The molecule has 0 aliphatic carbocycles. The van der Waals surface area contributed by atoms with E-state index in [1.165, 1.54) is 0 Å². The maximum absolute atomic E-state index is 12.5. The molecule has 1 aromatic rings. The van der Waals surface area contributed by atoms with Gasteiger partial charge in [0.15, 0.2) is 5.82 Å². The summed E-state index contributed by atoms with van der Waals surface area (Å²) in [5, 5.41) is 8.01. The van der Waals surface area contributed by atoms with Crippen LogP contribution in [0.15, 0.2) is 16.7 Å². The van der Waals surface area contributed by atoms with E-state index < -0.39 is 5.60 Å². The summed E-state index contributed by atoms with van der Waals surface area (Å²) in [5.41, 5.74) is -0.567. The summed E-state index contributed by atoms with van der Waals surface area (Å²) in [4.78, 5) is 28.2. The third-order valence-electron chi connectivity index (χ3n) is 3.70. The topological polar surface area (TPSA) is 75.6 Å². The molecule has 132 valence electrons. The normalized spacial score (nSPS) is 19.2. The molecule has 0 N–H and O–H groups in total. The van der Waals surface area contributed by atoms with Crippen molar-refractivity contribution in [3.05, 3.63) is 16.7 Å². The molecule has 2 rings (SSSR count). The molecule has 1 unspecified atom stereocenters. The van der Waals surface area contributed by atoms with Gasteiger partial charge in [-0.2, -0.15) is 0 Å². The van der Waals surface area contributed by atoms with E-state index in [1.807, 2.05) is 27.7 Å². The first-order valence-corrected chi connectivity index (χ1v) is 8.80. The van der Waals surface area contributed by atoms with E-state index in [0.29, 0.717) is 29.9 Å². The van der Waals surface area contributed by atoms with Crippen LogP contribution < -0.4 is 4.90 Å². The average Bonchev–Trinajstić information content (AvgIpc) is 2.65. The molecule has 1 atom stereocenters. The quantitative estimate of drug-likeness (QED) is 0.764. The van der Waals surface area contributed by atoms with Gasteiger partial charge in [0.2, 0.25) is 5.91 Å². The molecule has 0 spiro atoms. The third kappa shape index (κ3) is 4.66. The summed E-state index contributed by atoms with van der Waals surface area (Å²) in [6, 6.07) is 3.36. The summed E-state index contributed by atoms with van der Waals surface area (Å²) in [7, 11) is 0. The lowest BCUT2D eigenvalue weighted by atomic mass is 10.2. The van der Waals surface area contributed by atoms with Gasteiger partial charge in [-0.05, 0) is 55.3 Å². The summed E-state index contributed by atoms with van der Waals surface area (Å²) < 4.78 is 6.09. The van der Waals surface area contributed by atoms with Crippen molar-refractivity contribution < 1.29 is 14.3 Å². The molecule has 0 radical (unpaired) electrons. The highest BCUT2D eigenvalue weighted by Crippen LogP contribution is 2.22. The Labute approximate surface area is 150 Å². The monoisotopic (exact) mass is 398 g/mol. The number of ether oxygens (including phenoxy) is 1. The Balaban J connectivity index is 2.21. The molecule has 8 heteroatoms. The van der Waals surface area contributed by atoms with Gasteiger partial charge in [0.25, 0.3) is 0 Å². The minimum Gasteiger partial charge on any atom is -0.444 e. The molecule has 0 saturated carbocycles. The highest BCUT2D eigenvalue weighted by molar-refractivity contribution is 9.10. The standard InChI is InChI=1S/C16H23BrN4O3/c1-5-11-10-21(13-7-6-12(17)18-19-13)14(22)8-9-20(11)15(23)24-16(2,3)4/h6-7,11H,5,8-10H2,1-4H3. The van der Waals surface area contributed by atoms with Gasteiger partial charge in [-0.1, -0.05) is 6.92 Å². The van der Waals surface area contributed by atoms with Crippen LogP contribution in [-0.4, -0.2) is 51.8 Å². The van der Waals surface area contributed by atoms with Crippen molar-refractivity contribution >= 4 is 33.7 Å². The fraction of sp³-hybridized carbons (Fsp3) is 0.625. The number of nitrogens with zero attached hydrogens (tertiary/aromatic N) is 4. The van der Waals surface area contributed by atoms with E-state index in [9.17, 15) is 9.59 Å². The maximum atomic E-state index is 12.5. The van der Waals surface area contributed by atoms with Crippen molar-refractivity contribution in [2.24, 2.45) is 0 Å². The third-order valence-corrected chi connectivity index (χ3v) is 4.12. The molecule has 1 aliphatic rings. The minimum atomic E-state index is -0.567. The smallest absolute Gasteiger partial charge is 0.410 e. The SMILES string of the molecule is CCC1CN(c2ccc(Br)nn2)C(=O)CCN1C(=O)OC(C)(C)C. The van der Waals surface area contributed by atoms with Crippen molar-refractivity contribution in [2.75, 3.05) is 18.0 Å². The number of hydrogen-bond donors (Lipinski definition) is 0. The van der Waals surface area contributed by atoms with Gasteiger partial charge in [-0.3, -0.25) is 9.69 Å². The summed E-state index contributed by atoms with van der Waals surface area (Å²) in [6.07, 6.45) is 0.561. The van der Waals surface area contributed by atoms with Crippen LogP contribution in [0.5, 0.6) is 0 Å². The number of carbonyl (C=O) groups is 2. The lowest BCUT2D eigenvalue weighted by molar-refractivity contribution is -0.118. The molecule has 2 heterocycles. The Morgan fingerprint density at radius 2 is 2.08 bits per heavy atom. The van der Waals surface area contributed by atoms with E-state index in [1.54, 1.807) is 21.9 Å². The predicted octanol–water partition coefficient (Wildman–Crippen LogP) is 2.99. The number of amides is 2. The molecule has 1 fully saturated rings. The van der Waals surface area contributed by atoms with E-state index in [4.69, 9.17) is 4.74 Å². The molecular weight excluding hydrogens is 376 g/mol. The molecule has 0 aromatic carbocycles. The summed E-state index contributed by atoms with van der Waals surface area (Å²) in [6.45, 7) is 8.20. The van der Waals surface area contributed by atoms with Crippen LogP contribution in [0.4, 0.5) is 10.6 Å². The molecule has 7 nitrogen and oxygen atoms in total. The molecule has 1 aromatic heterocycles. The zero-order valence-electron chi connectivity index (χ0n) is 14.5. The highest BCUT2D eigenvalue weighted by atomic mass is 79.9. The van der Waals surface area contributed by atoms with Crippen molar-refractivity contribution in [3.63, 3.8) is 0 Å². The molecule has 1 saturated heterocycles. The first-order valence-electron chi connectivity index (χ1n) is 8.00. The molecule has 24 heavy (non-hydrogen) atoms. The Bertz CT molecular complexity index is 600. The van der Waals surface area contributed by atoms with Gasteiger partial charge in [0, 0.05) is 19.5 Å². The molecule has 1 aliphatic heterocycles. The second kappa shape index (κ2) is 7.46. The van der Waals surface area contributed by atoms with Gasteiger partial charge >= 0.3 is 6.09 Å². The Kier molecular flexibility index (Phi) is 5.79. The fourth-order valence-electron chi connectivity index (χ4n) is 2.53. The van der Waals surface area contributed by atoms with Gasteiger partial charge in [-0.25, -0.2) is 4.79 Å². The first kappa shape index (κ1) is 18.6. The van der Waals surface area contributed by atoms with Crippen molar-refractivity contribution in [1.29, 1.82) is 0 Å². The van der Waals surface area contributed by atoms with E-state index >= 15 is 0 Å². The van der Waals surface area contributed by atoms with Crippen LogP contribution in [0.25, 0.3) is 0 Å². The first-order chi connectivity index (χ1) is 11.2. The van der Waals surface area contributed by atoms with Gasteiger partial charge in [0.1, 0.15) is 10.2 Å². The number of rotatable bonds is 2. The van der Waals surface area contributed by atoms with E-state index in [-0.39, 0.29) is 24.5 Å². The largest absolute Gasteiger partial charge is 0.444 e. The van der Waals surface area contributed by atoms with Gasteiger partial charge in [-0.15, -0.1) is 10.2 Å². The van der Waals surface area contributed by atoms with Gasteiger partial charge in [0.05, 0.1) is 6.04 Å². The molecule has 0 bridgehead atoms. The number of halogens is 1. The number of aromatic nitrogens is 2.